The van der Waals surface area contributed by atoms with E-state index >= 15 is 0 Å². The molecule has 8 aromatic carbocycles. The van der Waals surface area contributed by atoms with Crippen LogP contribution in [0.5, 0.6) is 0 Å². The lowest BCUT2D eigenvalue weighted by atomic mass is 9.97. The molecule has 52 heavy (non-hydrogen) atoms. The fourth-order valence-electron chi connectivity index (χ4n) is 7.74. The molecule has 0 spiro atoms. The van der Waals surface area contributed by atoms with Crippen molar-refractivity contribution in [3.05, 3.63) is 164 Å². The lowest BCUT2D eigenvalue weighted by molar-refractivity contribution is 0.622. The Labute approximate surface area is 297 Å². The Kier molecular flexibility index (Phi) is 6.18. The van der Waals surface area contributed by atoms with Crippen LogP contribution >= 0.6 is 0 Å². The first-order chi connectivity index (χ1) is 25.8. The lowest BCUT2D eigenvalue weighted by Crippen LogP contribution is -1.97. The van der Waals surface area contributed by atoms with Crippen LogP contribution in [0.2, 0.25) is 0 Å². The van der Waals surface area contributed by atoms with Crippen LogP contribution in [0.15, 0.2) is 173 Å². The van der Waals surface area contributed by atoms with Crippen molar-refractivity contribution < 1.29 is 8.83 Å². The van der Waals surface area contributed by atoms with Gasteiger partial charge in [-0.3, -0.25) is 0 Å². The third-order valence-electron chi connectivity index (χ3n) is 10.1. The van der Waals surface area contributed by atoms with Crippen LogP contribution < -0.4 is 0 Å². The molecule has 0 aliphatic rings. The Morgan fingerprint density at radius 3 is 1.69 bits per heavy atom. The molecule has 0 bridgehead atoms. The zero-order valence-electron chi connectivity index (χ0n) is 27.7. The van der Waals surface area contributed by atoms with Crippen molar-refractivity contribution in [2.75, 3.05) is 0 Å². The summed E-state index contributed by atoms with van der Waals surface area (Å²) < 4.78 is 12.9. The summed E-state index contributed by atoms with van der Waals surface area (Å²) in [7, 11) is 0. The van der Waals surface area contributed by atoms with Gasteiger partial charge in [0.2, 0.25) is 5.89 Å². The fourth-order valence-corrected chi connectivity index (χ4v) is 7.74. The summed E-state index contributed by atoms with van der Waals surface area (Å²) in [4.78, 5) is 15.5. The molecule has 3 aromatic heterocycles. The van der Waals surface area contributed by atoms with Gasteiger partial charge in [0.1, 0.15) is 16.7 Å². The highest BCUT2D eigenvalue weighted by molar-refractivity contribution is 6.26. The molecular formula is C47H27N3O2. The Morgan fingerprint density at radius 1 is 0.385 bits per heavy atom. The summed E-state index contributed by atoms with van der Waals surface area (Å²) in [5.41, 5.74) is 8.76. The normalized spacial score (nSPS) is 11.8. The molecule has 0 saturated carbocycles. The van der Waals surface area contributed by atoms with Crippen LogP contribution in [0.3, 0.4) is 0 Å². The summed E-state index contributed by atoms with van der Waals surface area (Å²) in [6.07, 6.45) is 0. The van der Waals surface area contributed by atoms with Crippen LogP contribution in [0.25, 0.3) is 111 Å². The van der Waals surface area contributed by atoms with Crippen LogP contribution in [0, 0.1) is 0 Å². The van der Waals surface area contributed by atoms with Crippen molar-refractivity contribution in [2.45, 2.75) is 0 Å². The second-order valence-electron chi connectivity index (χ2n) is 13.1. The molecular weight excluding hydrogens is 639 g/mol. The van der Waals surface area contributed by atoms with Gasteiger partial charge < -0.3 is 8.83 Å². The highest BCUT2D eigenvalue weighted by Crippen LogP contribution is 2.42. The molecule has 0 aliphatic heterocycles. The Bertz CT molecular complexity index is 3090. The molecule has 0 atom stereocenters. The van der Waals surface area contributed by atoms with E-state index in [1.165, 1.54) is 10.8 Å². The second kappa shape index (κ2) is 11.2. The molecule has 0 N–H and O–H groups in total. The molecule has 5 heteroatoms. The van der Waals surface area contributed by atoms with E-state index < -0.39 is 0 Å². The number of nitrogens with zero attached hydrogens (tertiary/aromatic N) is 3. The SMILES string of the molecule is c1ccc(-c2nc3ccc4oc5ccc6c(-c7nc(-c8cccc9ccccc89)cc(-c8cccc9ccccc89)n7)cccc6c5c4c3o2)cc1. The molecule has 0 fully saturated rings. The molecule has 11 aromatic rings. The molecule has 5 nitrogen and oxygen atoms in total. The maximum absolute atomic E-state index is 6.50. The summed E-state index contributed by atoms with van der Waals surface area (Å²) in [6.45, 7) is 0. The predicted molar refractivity (Wildman–Crippen MR) is 211 cm³/mol. The quantitative estimate of drug-likeness (QED) is 0.187. The van der Waals surface area contributed by atoms with Gasteiger partial charge in [0.25, 0.3) is 0 Å². The largest absolute Gasteiger partial charge is 0.456 e. The first-order valence-corrected chi connectivity index (χ1v) is 17.4. The Hall–Kier alpha value is -7.11. The van der Waals surface area contributed by atoms with Gasteiger partial charge in [0, 0.05) is 27.6 Å². The molecule has 11 rings (SSSR count). The van der Waals surface area contributed by atoms with Crippen molar-refractivity contribution in [3.8, 4) is 45.4 Å². The number of fused-ring (bicyclic) bond motifs is 9. The van der Waals surface area contributed by atoms with Crippen LogP contribution in [0.1, 0.15) is 0 Å². The van der Waals surface area contributed by atoms with Gasteiger partial charge in [-0.05, 0) is 74.8 Å². The van der Waals surface area contributed by atoms with E-state index in [9.17, 15) is 0 Å². The van der Waals surface area contributed by atoms with Gasteiger partial charge in [0.15, 0.2) is 11.4 Å². The minimum absolute atomic E-state index is 0.581. The topological polar surface area (TPSA) is 65.0 Å². The fraction of sp³-hybridized carbons (Fsp3) is 0. The van der Waals surface area contributed by atoms with Crippen LogP contribution in [0.4, 0.5) is 0 Å². The van der Waals surface area contributed by atoms with Crippen molar-refractivity contribution in [2.24, 2.45) is 0 Å². The van der Waals surface area contributed by atoms with Gasteiger partial charge in [-0.25, -0.2) is 15.0 Å². The minimum atomic E-state index is 0.581. The molecule has 0 radical (unpaired) electrons. The number of hydrogen-bond donors (Lipinski definition) is 0. The number of aromatic nitrogens is 3. The van der Waals surface area contributed by atoms with E-state index in [1.54, 1.807) is 0 Å². The van der Waals surface area contributed by atoms with E-state index in [4.69, 9.17) is 23.8 Å². The van der Waals surface area contributed by atoms with Crippen molar-refractivity contribution in [1.82, 2.24) is 15.0 Å². The smallest absolute Gasteiger partial charge is 0.227 e. The molecule has 0 saturated heterocycles. The number of oxazole rings is 1. The summed E-state index contributed by atoms with van der Waals surface area (Å²) in [5.74, 6) is 1.24. The van der Waals surface area contributed by atoms with E-state index in [-0.39, 0.29) is 0 Å². The number of furan rings is 1. The van der Waals surface area contributed by atoms with Crippen molar-refractivity contribution in [3.63, 3.8) is 0 Å². The van der Waals surface area contributed by atoms with E-state index in [1.807, 2.05) is 48.5 Å². The van der Waals surface area contributed by atoms with Crippen LogP contribution in [-0.4, -0.2) is 15.0 Å². The van der Waals surface area contributed by atoms with Gasteiger partial charge >= 0.3 is 0 Å². The first-order valence-electron chi connectivity index (χ1n) is 17.4. The second-order valence-corrected chi connectivity index (χ2v) is 13.1. The van der Waals surface area contributed by atoms with Gasteiger partial charge in [-0.2, -0.15) is 0 Å². The highest BCUT2D eigenvalue weighted by Gasteiger charge is 2.21. The van der Waals surface area contributed by atoms with Crippen LogP contribution in [-0.2, 0) is 0 Å². The third kappa shape index (κ3) is 4.39. The molecule has 242 valence electrons. The minimum Gasteiger partial charge on any atom is -0.456 e. The maximum Gasteiger partial charge on any atom is 0.227 e. The first kappa shape index (κ1) is 28.7. The summed E-state index contributed by atoms with van der Waals surface area (Å²) in [5, 5.41) is 8.58. The maximum atomic E-state index is 6.50. The monoisotopic (exact) mass is 665 g/mol. The number of benzene rings is 8. The third-order valence-corrected chi connectivity index (χ3v) is 10.1. The average molecular weight is 666 g/mol. The van der Waals surface area contributed by atoms with E-state index in [0.717, 1.165) is 82.6 Å². The predicted octanol–water partition coefficient (Wildman–Crippen LogP) is 12.6. The van der Waals surface area contributed by atoms with Gasteiger partial charge in [-0.1, -0.05) is 121 Å². The molecule has 3 heterocycles. The number of hydrogen-bond acceptors (Lipinski definition) is 5. The number of rotatable bonds is 4. The zero-order valence-corrected chi connectivity index (χ0v) is 27.7. The Morgan fingerprint density at radius 2 is 0.962 bits per heavy atom. The summed E-state index contributed by atoms with van der Waals surface area (Å²) >= 11 is 0. The lowest BCUT2D eigenvalue weighted by Gasteiger charge is -2.14. The zero-order chi connectivity index (χ0) is 34.2. The Balaban J connectivity index is 1.19. The summed E-state index contributed by atoms with van der Waals surface area (Å²) in [6, 6.07) is 56.3. The van der Waals surface area contributed by atoms with Crippen molar-refractivity contribution >= 4 is 65.4 Å². The van der Waals surface area contributed by atoms with Gasteiger partial charge in [-0.15, -0.1) is 0 Å². The van der Waals surface area contributed by atoms with E-state index in [0.29, 0.717) is 17.3 Å². The highest BCUT2D eigenvalue weighted by atomic mass is 16.4. The molecule has 0 aliphatic carbocycles. The standard InChI is InChI=1S/C47H27N3O2/c1-2-13-30(14-3-1)47-50-38-24-26-42-44(45(38)52-47)43-36-21-10-22-37(33(36)23-25-41(43)51-42)46-48-39(34-19-8-15-28-11-4-6-17-31(28)34)27-40(49-46)35-20-9-16-29-12-5-7-18-32(29)35/h1-27H. The molecule has 0 unspecified atom stereocenters. The molecule has 0 amide bonds. The van der Waals surface area contributed by atoms with E-state index in [2.05, 4.69) is 115 Å². The van der Waals surface area contributed by atoms with Gasteiger partial charge in [0.05, 0.1) is 16.8 Å². The van der Waals surface area contributed by atoms with Crippen molar-refractivity contribution in [1.29, 1.82) is 0 Å². The average Bonchev–Trinajstić information content (AvgIpc) is 3.82.